The molecule has 0 bridgehead atoms. The predicted molar refractivity (Wildman–Crippen MR) is 129 cm³/mol. The van der Waals surface area contributed by atoms with E-state index in [-0.39, 0.29) is 17.9 Å². The van der Waals surface area contributed by atoms with Gasteiger partial charge in [0.05, 0.1) is 24.0 Å². The molecule has 1 unspecified atom stereocenters. The van der Waals surface area contributed by atoms with E-state index in [2.05, 4.69) is 11.3 Å². The lowest BCUT2D eigenvalue weighted by molar-refractivity contribution is -0.121. The van der Waals surface area contributed by atoms with Gasteiger partial charge in [-0.3, -0.25) is 14.4 Å². The van der Waals surface area contributed by atoms with Gasteiger partial charge in [0.2, 0.25) is 5.91 Å². The second-order valence-electron chi connectivity index (χ2n) is 9.39. The number of nitrogens with zero attached hydrogens (tertiary/aromatic N) is 6. The fourth-order valence-corrected chi connectivity index (χ4v) is 4.91. The third-order valence-corrected chi connectivity index (χ3v) is 7.24. The molecule has 176 valence electrons. The van der Waals surface area contributed by atoms with Crippen LogP contribution in [0.3, 0.4) is 0 Å². The van der Waals surface area contributed by atoms with E-state index >= 15 is 0 Å². The van der Waals surface area contributed by atoms with E-state index in [0.29, 0.717) is 41.4 Å². The molecule has 0 radical (unpaired) electrons. The number of amides is 1. The zero-order chi connectivity index (χ0) is 23.4. The van der Waals surface area contributed by atoms with E-state index in [1.165, 1.54) is 12.8 Å². The Morgan fingerprint density at radius 2 is 1.85 bits per heavy atom. The van der Waals surface area contributed by atoms with E-state index in [1.807, 2.05) is 36.9 Å². The smallest absolute Gasteiger partial charge is 0.235 e. The summed E-state index contributed by atoms with van der Waals surface area (Å²) in [5.74, 6) is 0.918. The van der Waals surface area contributed by atoms with E-state index in [9.17, 15) is 4.79 Å². The number of aromatic nitrogens is 4. The Morgan fingerprint density at radius 1 is 1.09 bits per heavy atom. The standard InChI is InChI=1S/C25H26ClN6O2/c1-14-15(2)29-24-23(28-14)30-22(25(33)32(24)20-5-3-18(26)4-6-20)16-9-10-34-21(11-16)17-12-27-31(13-17)19-7-8-19/h3-6,12-13,16,19,21-22H,7-11H2,1-2H3/q-1/t16-,21+,22?/m0/s1. The Kier molecular flexibility index (Phi) is 5.30. The molecule has 8 nitrogen and oxygen atoms in total. The van der Waals surface area contributed by atoms with Crippen molar-refractivity contribution in [3.05, 3.63) is 63.9 Å². The van der Waals surface area contributed by atoms with Crippen molar-refractivity contribution in [2.45, 2.75) is 57.7 Å². The normalized spacial score (nSPS) is 24.6. The zero-order valence-electron chi connectivity index (χ0n) is 19.2. The van der Waals surface area contributed by atoms with Gasteiger partial charge >= 0.3 is 0 Å². The predicted octanol–water partition coefficient (Wildman–Crippen LogP) is 5.50. The first-order valence-electron chi connectivity index (χ1n) is 11.8. The second-order valence-corrected chi connectivity index (χ2v) is 9.83. The molecule has 3 aliphatic rings. The van der Waals surface area contributed by atoms with Crippen molar-refractivity contribution in [1.29, 1.82) is 0 Å². The Labute approximate surface area is 203 Å². The highest BCUT2D eigenvalue weighted by Crippen LogP contribution is 2.46. The van der Waals surface area contributed by atoms with E-state index in [4.69, 9.17) is 31.6 Å². The average molecular weight is 478 g/mol. The van der Waals surface area contributed by atoms with Gasteiger partial charge in [0.15, 0.2) is 0 Å². The highest BCUT2D eigenvalue weighted by Gasteiger charge is 2.39. The zero-order valence-corrected chi connectivity index (χ0v) is 19.9. The minimum absolute atomic E-state index is 0.0295. The summed E-state index contributed by atoms with van der Waals surface area (Å²) in [4.78, 5) is 24.9. The third kappa shape index (κ3) is 3.84. The Bertz CT molecular complexity index is 1240. The van der Waals surface area contributed by atoms with Crippen molar-refractivity contribution >= 4 is 34.8 Å². The molecule has 4 heterocycles. The lowest BCUT2D eigenvalue weighted by atomic mass is 9.85. The van der Waals surface area contributed by atoms with Gasteiger partial charge in [-0.1, -0.05) is 11.6 Å². The van der Waals surface area contributed by atoms with Crippen molar-refractivity contribution in [1.82, 2.24) is 19.7 Å². The fourth-order valence-electron chi connectivity index (χ4n) is 4.79. The van der Waals surface area contributed by atoms with E-state index in [0.717, 1.165) is 23.4 Å². The summed E-state index contributed by atoms with van der Waals surface area (Å²) < 4.78 is 8.14. The van der Waals surface area contributed by atoms with Crippen molar-refractivity contribution in [2.75, 3.05) is 11.5 Å². The molecule has 34 heavy (non-hydrogen) atoms. The Hall–Kier alpha value is -2.97. The SMILES string of the molecule is Cc1nc2c(nc1C)N(c1ccc(Cl)cc1)C(=O)C([C@H]1CCO[C@@H](c3cnn(C4CC4)c3)C1)[N-]2. The maximum atomic E-state index is 13.9. The first-order chi connectivity index (χ1) is 16.5. The molecular formula is C25H26ClN6O2-. The van der Waals surface area contributed by atoms with Crippen LogP contribution >= 0.6 is 11.6 Å². The van der Waals surface area contributed by atoms with Gasteiger partial charge in [0.1, 0.15) is 5.82 Å². The number of halogens is 1. The fraction of sp³-hybridized carbons (Fsp3) is 0.440. The lowest BCUT2D eigenvalue weighted by Crippen LogP contribution is -2.45. The van der Waals surface area contributed by atoms with Gasteiger partial charge in [-0.05, 0) is 81.2 Å². The van der Waals surface area contributed by atoms with Crippen molar-refractivity contribution < 1.29 is 9.53 Å². The van der Waals surface area contributed by atoms with Crippen molar-refractivity contribution in [3.63, 3.8) is 0 Å². The Morgan fingerprint density at radius 3 is 2.62 bits per heavy atom. The van der Waals surface area contributed by atoms with Gasteiger partial charge in [0.25, 0.3) is 0 Å². The molecule has 3 aromatic rings. The van der Waals surface area contributed by atoms with Gasteiger partial charge in [0, 0.05) is 35.1 Å². The number of carbonyl (C=O) groups is 1. The molecule has 3 atom stereocenters. The molecule has 6 rings (SSSR count). The largest absolute Gasteiger partial charge is 0.450 e. The summed E-state index contributed by atoms with van der Waals surface area (Å²) >= 11 is 6.11. The van der Waals surface area contributed by atoms with Crippen molar-refractivity contribution in [2.24, 2.45) is 5.92 Å². The Balaban J connectivity index is 1.32. The number of benzene rings is 1. The molecule has 1 saturated carbocycles. The van der Waals surface area contributed by atoms with E-state index in [1.54, 1.807) is 17.0 Å². The summed E-state index contributed by atoms with van der Waals surface area (Å²) in [6.07, 6.45) is 7.74. The monoisotopic (exact) mass is 477 g/mol. The number of anilines is 2. The first-order valence-corrected chi connectivity index (χ1v) is 12.2. The van der Waals surface area contributed by atoms with Crippen LogP contribution in [0.4, 0.5) is 17.3 Å². The number of rotatable bonds is 4. The number of ether oxygens (including phenoxy) is 1. The average Bonchev–Trinajstić information content (AvgIpc) is 3.57. The molecule has 1 aliphatic carbocycles. The highest BCUT2D eigenvalue weighted by atomic mass is 35.5. The number of hydrogen-bond acceptors (Lipinski definition) is 5. The maximum Gasteiger partial charge on any atom is 0.235 e. The third-order valence-electron chi connectivity index (χ3n) is 6.99. The van der Waals surface area contributed by atoms with E-state index < -0.39 is 6.04 Å². The van der Waals surface area contributed by atoms with Crippen LogP contribution in [0.2, 0.25) is 5.02 Å². The van der Waals surface area contributed by atoms with Gasteiger partial charge in [-0.15, -0.1) is 0 Å². The van der Waals surface area contributed by atoms with Crippen LogP contribution in [-0.2, 0) is 9.53 Å². The minimum Gasteiger partial charge on any atom is -0.450 e. The number of aryl methyl sites for hydroxylation is 2. The lowest BCUT2D eigenvalue weighted by Gasteiger charge is -2.44. The van der Waals surface area contributed by atoms with Crippen LogP contribution in [0.25, 0.3) is 5.32 Å². The van der Waals surface area contributed by atoms with Crippen LogP contribution in [0.15, 0.2) is 36.7 Å². The van der Waals surface area contributed by atoms with Crippen LogP contribution in [0.1, 0.15) is 54.8 Å². The molecule has 2 fully saturated rings. The minimum atomic E-state index is -0.551. The number of carbonyl (C=O) groups excluding carboxylic acids is 1. The molecule has 0 spiro atoms. The van der Waals surface area contributed by atoms with Crippen molar-refractivity contribution in [3.8, 4) is 0 Å². The number of fused-ring (bicyclic) bond motifs is 1. The van der Waals surface area contributed by atoms with Gasteiger partial charge in [-0.25, -0.2) is 4.98 Å². The van der Waals surface area contributed by atoms with Crippen LogP contribution < -0.4 is 4.90 Å². The summed E-state index contributed by atoms with van der Waals surface area (Å²) in [7, 11) is 0. The molecular weight excluding hydrogens is 452 g/mol. The first kappa shape index (κ1) is 21.6. The van der Waals surface area contributed by atoms with Crippen LogP contribution in [0.5, 0.6) is 0 Å². The molecule has 1 aromatic carbocycles. The second kappa shape index (κ2) is 8.36. The topological polar surface area (TPSA) is 87.2 Å². The number of hydrogen-bond donors (Lipinski definition) is 0. The maximum absolute atomic E-state index is 13.9. The summed E-state index contributed by atoms with van der Waals surface area (Å²) in [5.41, 5.74) is 3.37. The summed E-state index contributed by atoms with van der Waals surface area (Å²) in [5, 5.41) is 9.98. The molecule has 9 heteroatoms. The molecule has 1 amide bonds. The molecule has 0 N–H and O–H groups in total. The van der Waals surface area contributed by atoms with Crippen LogP contribution in [0, 0.1) is 19.8 Å². The van der Waals surface area contributed by atoms with Gasteiger partial charge in [-0.2, -0.15) is 5.10 Å². The van der Waals surface area contributed by atoms with Crippen LogP contribution in [-0.4, -0.2) is 38.3 Å². The summed E-state index contributed by atoms with van der Waals surface area (Å²) in [6, 6.07) is 7.20. The quantitative estimate of drug-likeness (QED) is 0.495. The molecule has 2 aliphatic heterocycles. The summed E-state index contributed by atoms with van der Waals surface area (Å²) in [6.45, 7) is 4.39. The van der Waals surface area contributed by atoms with Gasteiger partial charge < -0.3 is 15.0 Å². The molecule has 2 aromatic heterocycles. The highest BCUT2D eigenvalue weighted by molar-refractivity contribution is 6.30. The molecule has 1 saturated heterocycles.